The fourth-order valence-electron chi connectivity index (χ4n) is 2.23. The van der Waals surface area contributed by atoms with Crippen molar-refractivity contribution in [2.45, 2.75) is 32.4 Å². The van der Waals surface area contributed by atoms with Gasteiger partial charge >= 0.3 is 6.18 Å². The topological polar surface area (TPSA) is 38.3 Å². The number of carbonyl (C=O) groups excluding carboxylic acids is 1. The number of hydrogen-bond donors (Lipinski definition) is 1. The van der Waals surface area contributed by atoms with E-state index in [4.69, 9.17) is 4.74 Å². The minimum absolute atomic E-state index is 0.00277. The van der Waals surface area contributed by atoms with Crippen molar-refractivity contribution < 1.29 is 22.7 Å². The van der Waals surface area contributed by atoms with Gasteiger partial charge in [-0.25, -0.2) is 0 Å². The summed E-state index contributed by atoms with van der Waals surface area (Å²) in [5.74, 6) is -0.177. The second-order valence-corrected chi connectivity index (χ2v) is 6.65. The minimum Gasteiger partial charge on any atom is -0.484 e. The molecule has 0 spiro atoms. The van der Waals surface area contributed by atoms with Crippen molar-refractivity contribution in [2.75, 3.05) is 11.9 Å². The van der Waals surface area contributed by atoms with Crippen LogP contribution in [-0.2, 0) is 16.4 Å². The van der Waals surface area contributed by atoms with Crippen molar-refractivity contribution in [2.24, 2.45) is 0 Å². The van der Waals surface area contributed by atoms with Crippen LogP contribution >= 0.6 is 0 Å². The Morgan fingerprint density at radius 1 is 1.00 bits per heavy atom. The summed E-state index contributed by atoms with van der Waals surface area (Å²) in [7, 11) is 0. The molecule has 2 rings (SSSR count). The van der Waals surface area contributed by atoms with Gasteiger partial charge in [-0.05, 0) is 35.2 Å². The molecule has 0 saturated heterocycles. The maximum absolute atomic E-state index is 12.9. The zero-order chi connectivity index (χ0) is 18.7. The Bertz CT molecular complexity index is 732. The molecule has 1 amide bonds. The first-order valence-corrected chi connectivity index (χ1v) is 7.77. The molecule has 0 radical (unpaired) electrons. The van der Waals surface area contributed by atoms with Crippen LogP contribution in [0.4, 0.5) is 18.9 Å². The van der Waals surface area contributed by atoms with Crippen molar-refractivity contribution in [3.8, 4) is 5.75 Å². The number of hydrogen-bond acceptors (Lipinski definition) is 2. The predicted octanol–water partition coefficient (Wildman–Crippen LogP) is 5.02. The van der Waals surface area contributed by atoms with E-state index in [0.717, 1.165) is 11.6 Å². The van der Waals surface area contributed by atoms with Gasteiger partial charge in [0.2, 0.25) is 0 Å². The lowest BCUT2D eigenvalue weighted by Crippen LogP contribution is -2.22. The van der Waals surface area contributed by atoms with Crippen LogP contribution in [0, 0.1) is 0 Å². The van der Waals surface area contributed by atoms with Gasteiger partial charge in [-0.3, -0.25) is 4.79 Å². The van der Waals surface area contributed by atoms with Crippen LogP contribution in [0.3, 0.4) is 0 Å². The molecule has 6 heteroatoms. The third kappa shape index (κ3) is 5.24. The summed E-state index contributed by atoms with van der Waals surface area (Å²) in [6.07, 6.45) is -4.53. The summed E-state index contributed by atoms with van der Waals surface area (Å²) >= 11 is 0. The lowest BCUT2D eigenvalue weighted by molar-refractivity contribution is -0.137. The number of carbonyl (C=O) groups is 1. The van der Waals surface area contributed by atoms with Crippen LogP contribution in [0.5, 0.6) is 5.75 Å². The maximum Gasteiger partial charge on any atom is 0.418 e. The first-order chi connectivity index (χ1) is 11.6. The zero-order valence-electron chi connectivity index (χ0n) is 14.3. The van der Waals surface area contributed by atoms with Gasteiger partial charge in [-0.2, -0.15) is 13.2 Å². The average molecular weight is 351 g/mol. The molecule has 2 aromatic rings. The number of amides is 1. The molecule has 0 saturated carbocycles. The molecular weight excluding hydrogens is 331 g/mol. The van der Waals surface area contributed by atoms with Crippen molar-refractivity contribution in [1.29, 1.82) is 0 Å². The van der Waals surface area contributed by atoms with Crippen LogP contribution in [0.25, 0.3) is 0 Å². The van der Waals surface area contributed by atoms with Crippen molar-refractivity contribution >= 4 is 11.6 Å². The van der Waals surface area contributed by atoms with Crippen molar-refractivity contribution in [3.63, 3.8) is 0 Å². The number of para-hydroxylation sites is 1. The summed E-state index contributed by atoms with van der Waals surface area (Å²) in [4.78, 5) is 11.9. The quantitative estimate of drug-likeness (QED) is 0.840. The molecule has 0 aliphatic heterocycles. The third-order valence-corrected chi connectivity index (χ3v) is 3.60. The van der Waals surface area contributed by atoms with E-state index in [-0.39, 0.29) is 17.7 Å². The molecular formula is C19H20F3NO2. The molecule has 25 heavy (non-hydrogen) atoms. The Morgan fingerprint density at radius 3 is 2.16 bits per heavy atom. The normalized spacial score (nSPS) is 11.9. The second kappa shape index (κ2) is 7.17. The first-order valence-electron chi connectivity index (χ1n) is 7.77. The lowest BCUT2D eigenvalue weighted by atomic mass is 9.87. The largest absolute Gasteiger partial charge is 0.484 e. The van der Waals surface area contributed by atoms with Crippen LogP contribution < -0.4 is 10.1 Å². The number of nitrogens with one attached hydrogen (secondary N) is 1. The van der Waals surface area contributed by atoms with E-state index in [1.54, 1.807) is 12.1 Å². The van der Waals surface area contributed by atoms with Gasteiger partial charge in [-0.1, -0.05) is 45.0 Å². The minimum atomic E-state index is -4.53. The van der Waals surface area contributed by atoms with E-state index >= 15 is 0 Å². The first kappa shape index (κ1) is 18.8. The van der Waals surface area contributed by atoms with E-state index in [1.165, 1.54) is 18.2 Å². The van der Waals surface area contributed by atoms with E-state index < -0.39 is 17.6 Å². The Morgan fingerprint density at radius 2 is 1.60 bits per heavy atom. The van der Waals surface area contributed by atoms with Gasteiger partial charge in [0.15, 0.2) is 6.61 Å². The molecule has 2 aromatic carbocycles. The molecule has 0 aliphatic carbocycles. The van der Waals surface area contributed by atoms with Gasteiger partial charge in [0.05, 0.1) is 11.3 Å². The fourth-order valence-corrected chi connectivity index (χ4v) is 2.23. The highest BCUT2D eigenvalue weighted by Crippen LogP contribution is 2.34. The molecule has 0 atom stereocenters. The molecule has 0 aromatic heterocycles. The Labute approximate surface area is 144 Å². The van der Waals surface area contributed by atoms with Crippen LogP contribution in [0.1, 0.15) is 31.9 Å². The molecule has 0 bridgehead atoms. The highest BCUT2D eigenvalue weighted by Gasteiger charge is 2.33. The number of rotatable bonds is 4. The summed E-state index contributed by atoms with van der Waals surface area (Å²) < 4.78 is 44.0. The van der Waals surface area contributed by atoms with Gasteiger partial charge in [0.1, 0.15) is 5.75 Å². The lowest BCUT2D eigenvalue weighted by Gasteiger charge is -2.19. The molecule has 0 aliphatic rings. The van der Waals surface area contributed by atoms with Crippen LogP contribution in [0.15, 0.2) is 48.5 Å². The monoisotopic (exact) mass is 351 g/mol. The standard InChI is InChI=1S/C19H20F3NO2/c1-18(2,3)13-8-10-14(11-9-13)25-12-17(24)23-16-7-5-4-6-15(16)19(20,21)22/h4-11H,12H2,1-3H3,(H,23,24). The van der Waals surface area contributed by atoms with Gasteiger partial charge in [0, 0.05) is 0 Å². The maximum atomic E-state index is 12.9. The van der Waals surface area contributed by atoms with Gasteiger partial charge in [-0.15, -0.1) is 0 Å². The van der Waals surface area contributed by atoms with Gasteiger partial charge in [0.25, 0.3) is 5.91 Å². The smallest absolute Gasteiger partial charge is 0.418 e. The van der Waals surface area contributed by atoms with E-state index in [2.05, 4.69) is 26.1 Å². The number of ether oxygens (including phenoxy) is 1. The van der Waals surface area contributed by atoms with E-state index in [0.29, 0.717) is 5.75 Å². The highest BCUT2D eigenvalue weighted by molar-refractivity contribution is 5.92. The Hall–Kier alpha value is -2.50. The summed E-state index contributed by atoms with van der Waals surface area (Å²) in [5.41, 5.74) is -0.0648. The van der Waals surface area contributed by atoms with Crippen LogP contribution in [0.2, 0.25) is 0 Å². The van der Waals surface area contributed by atoms with E-state index in [9.17, 15) is 18.0 Å². The summed E-state index contributed by atoms with van der Waals surface area (Å²) in [6.45, 7) is 5.86. The number of alkyl halides is 3. The average Bonchev–Trinajstić information content (AvgIpc) is 2.52. The van der Waals surface area contributed by atoms with Crippen molar-refractivity contribution in [3.05, 3.63) is 59.7 Å². The summed E-state index contributed by atoms with van der Waals surface area (Å²) in [5, 5.41) is 2.24. The zero-order valence-corrected chi connectivity index (χ0v) is 14.3. The number of benzene rings is 2. The molecule has 1 N–H and O–H groups in total. The second-order valence-electron chi connectivity index (χ2n) is 6.65. The Balaban J connectivity index is 1.98. The highest BCUT2D eigenvalue weighted by atomic mass is 19.4. The predicted molar refractivity (Wildman–Crippen MR) is 90.7 cm³/mol. The molecule has 3 nitrogen and oxygen atoms in total. The SMILES string of the molecule is CC(C)(C)c1ccc(OCC(=O)Nc2ccccc2C(F)(F)F)cc1. The van der Waals surface area contributed by atoms with Crippen LogP contribution in [-0.4, -0.2) is 12.5 Å². The molecule has 134 valence electrons. The summed E-state index contributed by atoms with van der Waals surface area (Å²) in [6, 6.07) is 12.1. The van der Waals surface area contributed by atoms with Crippen molar-refractivity contribution in [1.82, 2.24) is 0 Å². The number of halogens is 3. The molecule has 0 heterocycles. The van der Waals surface area contributed by atoms with E-state index in [1.807, 2.05) is 12.1 Å². The fraction of sp³-hybridized carbons (Fsp3) is 0.316. The number of anilines is 1. The molecule has 0 unspecified atom stereocenters. The Kier molecular flexibility index (Phi) is 5.40. The molecule has 0 fully saturated rings. The third-order valence-electron chi connectivity index (χ3n) is 3.60. The van der Waals surface area contributed by atoms with Gasteiger partial charge < -0.3 is 10.1 Å².